The molecule has 1 aliphatic carbocycles. The second-order valence-electron chi connectivity index (χ2n) is 5.81. The molecule has 1 heterocycles. The summed E-state index contributed by atoms with van der Waals surface area (Å²) in [5.41, 5.74) is 1.41. The summed E-state index contributed by atoms with van der Waals surface area (Å²) in [6, 6.07) is 2.53. The van der Waals surface area contributed by atoms with Crippen molar-refractivity contribution in [3.63, 3.8) is 0 Å². The predicted molar refractivity (Wildman–Crippen MR) is 85.3 cm³/mol. The molecule has 0 bridgehead atoms. The topological polar surface area (TPSA) is 45.7 Å². The molecular weight excluding hydrogens is 270 g/mol. The van der Waals surface area contributed by atoms with Crippen LogP contribution in [0.25, 0.3) is 0 Å². The molecule has 112 valence electrons. The molecule has 1 aliphatic rings. The summed E-state index contributed by atoms with van der Waals surface area (Å²) in [6.07, 6.45) is 1.37. The average Bonchev–Trinajstić information content (AvgIpc) is 2.93. The van der Waals surface area contributed by atoms with Crippen molar-refractivity contribution >= 4 is 17.3 Å². The third kappa shape index (κ3) is 3.33. The maximum atomic E-state index is 5.49. The van der Waals surface area contributed by atoms with Gasteiger partial charge in [0.2, 0.25) is 0 Å². The fourth-order valence-electron chi connectivity index (χ4n) is 2.57. The van der Waals surface area contributed by atoms with Crippen molar-refractivity contribution < 1.29 is 4.74 Å². The minimum Gasteiger partial charge on any atom is -0.381 e. The molecule has 0 aromatic carbocycles. The first-order valence-corrected chi connectivity index (χ1v) is 8.11. The first-order chi connectivity index (χ1) is 9.57. The summed E-state index contributed by atoms with van der Waals surface area (Å²) in [7, 11) is 1.79. The van der Waals surface area contributed by atoms with Crippen LogP contribution in [0.5, 0.6) is 0 Å². The molecule has 2 rings (SSSR count). The standard InChI is InChI=1S/C15H25N3OS/c1-5-16-14(17-9-11-6-7-20-10-11)18-12-8-13(19-4)15(12,2)3/h6-7,10,12-13H,5,8-9H2,1-4H3,(H2,16,17,18). The highest BCUT2D eigenvalue weighted by Crippen LogP contribution is 2.42. The first kappa shape index (κ1) is 15.3. The fraction of sp³-hybridized carbons (Fsp3) is 0.667. The fourth-order valence-corrected chi connectivity index (χ4v) is 3.23. The highest BCUT2D eigenvalue weighted by molar-refractivity contribution is 7.07. The smallest absolute Gasteiger partial charge is 0.191 e. The molecule has 1 aromatic heterocycles. The number of aliphatic imine (C=N–C) groups is 1. The molecule has 0 radical (unpaired) electrons. The number of hydrogen-bond donors (Lipinski definition) is 2. The second-order valence-corrected chi connectivity index (χ2v) is 6.59. The molecule has 2 unspecified atom stereocenters. The average molecular weight is 295 g/mol. The van der Waals surface area contributed by atoms with Gasteiger partial charge in [-0.15, -0.1) is 0 Å². The zero-order valence-corrected chi connectivity index (χ0v) is 13.6. The maximum Gasteiger partial charge on any atom is 0.191 e. The summed E-state index contributed by atoms with van der Waals surface area (Å²) in [5, 5.41) is 11.1. The first-order valence-electron chi connectivity index (χ1n) is 7.16. The second kappa shape index (κ2) is 6.59. The van der Waals surface area contributed by atoms with Gasteiger partial charge in [0, 0.05) is 25.1 Å². The lowest BCUT2D eigenvalue weighted by molar-refractivity contribution is -0.0922. The van der Waals surface area contributed by atoms with E-state index in [-0.39, 0.29) is 5.41 Å². The Labute approximate surface area is 125 Å². The van der Waals surface area contributed by atoms with Crippen LogP contribution in [0.15, 0.2) is 21.8 Å². The minimum atomic E-state index is 0.146. The quantitative estimate of drug-likeness (QED) is 0.648. The Morgan fingerprint density at radius 1 is 1.55 bits per heavy atom. The molecule has 1 fully saturated rings. The lowest BCUT2D eigenvalue weighted by Crippen LogP contribution is -2.63. The highest BCUT2D eigenvalue weighted by Gasteiger charge is 2.48. The van der Waals surface area contributed by atoms with Gasteiger partial charge in [-0.25, -0.2) is 4.99 Å². The number of rotatable bonds is 5. The van der Waals surface area contributed by atoms with Gasteiger partial charge in [-0.1, -0.05) is 13.8 Å². The van der Waals surface area contributed by atoms with Crippen molar-refractivity contribution in [3.8, 4) is 0 Å². The molecule has 5 heteroatoms. The molecule has 0 aliphatic heterocycles. The Kier molecular flexibility index (Phi) is 5.05. The Balaban J connectivity index is 1.94. The van der Waals surface area contributed by atoms with Gasteiger partial charge in [0.05, 0.1) is 12.6 Å². The van der Waals surface area contributed by atoms with Crippen molar-refractivity contribution in [2.24, 2.45) is 10.4 Å². The van der Waals surface area contributed by atoms with Crippen LogP contribution in [-0.2, 0) is 11.3 Å². The van der Waals surface area contributed by atoms with E-state index in [9.17, 15) is 0 Å². The van der Waals surface area contributed by atoms with E-state index >= 15 is 0 Å². The van der Waals surface area contributed by atoms with Crippen LogP contribution in [-0.4, -0.2) is 31.8 Å². The van der Waals surface area contributed by atoms with Crippen LogP contribution in [0, 0.1) is 5.41 Å². The Morgan fingerprint density at radius 3 is 2.90 bits per heavy atom. The van der Waals surface area contributed by atoms with Crippen molar-refractivity contribution in [2.75, 3.05) is 13.7 Å². The van der Waals surface area contributed by atoms with Crippen LogP contribution in [0.4, 0.5) is 0 Å². The van der Waals surface area contributed by atoms with Crippen molar-refractivity contribution in [1.29, 1.82) is 0 Å². The third-order valence-electron chi connectivity index (χ3n) is 4.12. The molecule has 2 N–H and O–H groups in total. The maximum absolute atomic E-state index is 5.49. The van der Waals surface area contributed by atoms with Crippen LogP contribution in [0.3, 0.4) is 0 Å². The molecular formula is C15H25N3OS. The van der Waals surface area contributed by atoms with Crippen LogP contribution in [0.1, 0.15) is 32.8 Å². The number of ether oxygens (including phenoxy) is 1. The monoisotopic (exact) mass is 295 g/mol. The number of thiophene rings is 1. The van der Waals surface area contributed by atoms with E-state index in [4.69, 9.17) is 4.74 Å². The van der Waals surface area contributed by atoms with E-state index in [0.717, 1.165) is 25.5 Å². The molecule has 0 spiro atoms. The van der Waals surface area contributed by atoms with Crippen molar-refractivity contribution in [1.82, 2.24) is 10.6 Å². The summed E-state index contributed by atoms with van der Waals surface area (Å²) in [6.45, 7) is 8.16. The molecule has 1 saturated carbocycles. The highest BCUT2D eigenvalue weighted by atomic mass is 32.1. The number of methoxy groups -OCH3 is 1. The summed E-state index contributed by atoms with van der Waals surface area (Å²) >= 11 is 1.71. The third-order valence-corrected chi connectivity index (χ3v) is 4.85. The van der Waals surface area contributed by atoms with E-state index < -0.39 is 0 Å². The Hall–Kier alpha value is -1.07. The van der Waals surface area contributed by atoms with Gasteiger partial charge in [0.1, 0.15) is 0 Å². The van der Waals surface area contributed by atoms with E-state index in [1.165, 1.54) is 5.56 Å². The Bertz CT molecular complexity index is 442. The minimum absolute atomic E-state index is 0.146. The normalized spacial score (nSPS) is 25.1. The summed E-state index contributed by atoms with van der Waals surface area (Å²) < 4.78 is 5.49. The van der Waals surface area contributed by atoms with Gasteiger partial charge in [-0.3, -0.25) is 0 Å². The molecule has 0 amide bonds. The summed E-state index contributed by atoms with van der Waals surface area (Å²) in [5.74, 6) is 0.895. The van der Waals surface area contributed by atoms with Crippen molar-refractivity contribution in [3.05, 3.63) is 22.4 Å². The molecule has 4 nitrogen and oxygen atoms in total. The predicted octanol–water partition coefficient (Wildman–Crippen LogP) is 2.62. The number of guanidine groups is 1. The van der Waals surface area contributed by atoms with E-state index in [1.807, 2.05) is 0 Å². The molecule has 1 aromatic rings. The van der Waals surface area contributed by atoms with Crippen LogP contribution >= 0.6 is 11.3 Å². The van der Waals surface area contributed by atoms with Gasteiger partial charge in [-0.2, -0.15) is 11.3 Å². The van der Waals surface area contributed by atoms with Gasteiger partial charge in [0.15, 0.2) is 5.96 Å². The van der Waals surface area contributed by atoms with Gasteiger partial charge in [-0.05, 0) is 35.7 Å². The van der Waals surface area contributed by atoms with Crippen molar-refractivity contribution in [2.45, 2.75) is 45.9 Å². The number of nitrogens with zero attached hydrogens (tertiary/aromatic N) is 1. The molecule has 2 atom stereocenters. The van der Waals surface area contributed by atoms with E-state index in [0.29, 0.717) is 12.1 Å². The largest absolute Gasteiger partial charge is 0.381 e. The molecule has 0 saturated heterocycles. The zero-order valence-electron chi connectivity index (χ0n) is 12.8. The van der Waals surface area contributed by atoms with E-state index in [1.54, 1.807) is 18.4 Å². The van der Waals surface area contributed by atoms with Crippen LogP contribution < -0.4 is 10.6 Å². The number of hydrogen-bond acceptors (Lipinski definition) is 3. The number of nitrogens with one attached hydrogen (secondary N) is 2. The van der Waals surface area contributed by atoms with Gasteiger partial charge >= 0.3 is 0 Å². The van der Waals surface area contributed by atoms with E-state index in [2.05, 4.69) is 53.2 Å². The van der Waals surface area contributed by atoms with Gasteiger partial charge < -0.3 is 15.4 Å². The summed E-state index contributed by atoms with van der Waals surface area (Å²) in [4.78, 5) is 4.65. The Morgan fingerprint density at radius 2 is 2.35 bits per heavy atom. The lowest BCUT2D eigenvalue weighted by atomic mass is 9.64. The van der Waals surface area contributed by atoms with Crippen LogP contribution in [0.2, 0.25) is 0 Å². The zero-order chi connectivity index (χ0) is 14.6. The lowest BCUT2D eigenvalue weighted by Gasteiger charge is -2.51. The molecule has 20 heavy (non-hydrogen) atoms. The SMILES string of the molecule is CCNC(=NCc1ccsc1)NC1CC(OC)C1(C)C. The van der Waals surface area contributed by atoms with Gasteiger partial charge in [0.25, 0.3) is 0 Å².